The summed E-state index contributed by atoms with van der Waals surface area (Å²) < 4.78 is 14.2. The monoisotopic (exact) mass is 323 g/mol. The summed E-state index contributed by atoms with van der Waals surface area (Å²) >= 11 is 3.43. The van der Waals surface area contributed by atoms with Gasteiger partial charge in [-0.25, -0.2) is 4.39 Å². The fraction of sp³-hybridized carbons (Fsp3) is 0.200. The molecule has 2 aromatic carbocycles. The number of aromatic hydroxyl groups is 1. The van der Waals surface area contributed by atoms with Gasteiger partial charge in [0.05, 0.1) is 0 Å². The number of rotatable bonds is 4. The standard InChI is InChI=1S/C15H15BrFNO/c1-10(11-4-2-6-13(16)8-11)18-9-12-5-3-7-14(17)15(12)19/h2-8,10,18-19H,9H2,1H3. The van der Waals surface area contributed by atoms with Crippen molar-refractivity contribution in [3.8, 4) is 5.75 Å². The molecule has 2 aromatic rings. The van der Waals surface area contributed by atoms with Crippen molar-refractivity contribution in [1.82, 2.24) is 5.32 Å². The highest BCUT2D eigenvalue weighted by atomic mass is 79.9. The highest BCUT2D eigenvalue weighted by Gasteiger charge is 2.09. The van der Waals surface area contributed by atoms with E-state index in [0.717, 1.165) is 10.0 Å². The number of phenols is 1. The number of hydrogen-bond acceptors (Lipinski definition) is 2. The van der Waals surface area contributed by atoms with E-state index in [1.807, 2.05) is 31.2 Å². The topological polar surface area (TPSA) is 32.3 Å². The van der Waals surface area contributed by atoms with Crippen LogP contribution in [0.4, 0.5) is 4.39 Å². The van der Waals surface area contributed by atoms with Crippen molar-refractivity contribution in [2.24, 2.45) is 0 Å². The highest BCUT2D eigenvalue weighted by molar-refractivity contribution is 9.10. The molecule has 1 unspecified atom stereocenters. The Kier molecular flexibility index (Phi) is 4.56. The zero-order chi connectivity index (χ0) is 13.8. The molecule has 0 saturated heterocycles. The molecule has 0 spiro atoms. The second kappa shape index (κ2) is 6.17. The largest absolute Gasteiger partial charge is 0.505 e. The van der Waals surface area contributed by atoms with Gasteiger partial charge in [0.1, 0.15) is 0 Å². The zero-order valence-corrected chi connectivity index (χ0v) is 12.1. The van der Waals surface area contributed by atoms with E-state index in [1.54, 1.807) is 12.1 Å². The molecule has 0 aliphatic rings. The molecule has 0 aliphatic carbocycles. The van der Waals surface area contributed by atoms with Crippen molar-refractivity contribution >= 4 is 15.9 Å². The lowest BCUT2D eigenvalue weighted by molar-refractivity contribution is 0.421. The third-order valence-electron chi connectivity index (χ3n) is 3.02. The van der Waals surface area contributed by atoms with Crippen LogP contribution in [0.5, 0.6) is 5.75 Å². The minimum Gasteiger partial charge on any atom is -0.505 e. The van der Waals surface area contributed by atoms with E-state index in [9.17, 15) is 9.50 Å². The van der Waals surface area contributed by atoms with Crippen LogP contribution in [0, 0.1) is 5.82 Å². The van der Waals surface area contributed by atoms with Crippen molar-refractivity contribution in [1.29, 1.82) is 0 Å². The molecule has 0 aliphatic heterocycles. The smallest absolute Gasteiger partial charge is 0.165 e. The molecule has 4 heteroatoms. The Hall–Kier alpha value is -1.39. The van der Waals surface area contributed by atoms with Crippen LogP contribution in [0.15, 0.2) is 46.9 Å². The Morgan fingerprint density at radius 3 is 2.74 bits per heavy atom. The number of phenolic OH excluding ortho intramolecular Hbond substituents is 1. The third kappa shape index (κ3) is 3.55. The first-order valence-corrected chi connectivity index (χ1v) is 6.82. The molecular weight excluding hydrogens is 309 g/mol. The molecular formula is C15H15BrFNO. The predicted octanol–water partition coefficient (Wildman–Crippen LogP) is 4.14. The van der Waals surface area contributed by atoms with Gasteiger partial charge in [-0.15, -0.1) is 0 Å². The molecule has 0 amide bonds. The Morgan fingerprint density at radius 2 is 2.00 bits per heavy atom. The molecule has 0 bridgehead atoms. The van der Waals surface area contributed by atoms with E-state index < -0.39 is 5.82 Å². The summed E-state index contributed by atoms with van der Waals surface area (Å²) in [5.41, 5.74) is 1.69. The molecule has 0 aromatic heterocycles. The van der Waals surface area contributed by atoms with E-state index in [1.165, 1.54) is 6.07 Å². The van der Waals surface area contributed by atoms with Crippen LogP contribution in [-0.2, 0) is 6.54 Å². The molecule has 0 radical (unpaired) electrons. The molecule has 19 heavy (non-hydrogen) atoms. The maximum atomic E-state index is 13.2. The van der Waals surface area contributed by atoms with Gasteiger partial charge in [-0.3, -0.25) is 0 Å². The predicted molar refractivity (Wildman–Crippen MR) is 77.5 cm³/mol. The molecule has 2 N–H and O–H groups in total. The van der Waals surface area contributed by atoms with Crippen LogP contribution in [0.25, 0.3) is 0 Å². The summed E-state index contributed by atoms with van der Waals surface area (Å²) in [6.45, 7) is 2.44. The van der Waals surface area contributed by atoms with Gasteiger partial charge in [0.25, 0.3) is 0 Å². The second-order valence-corrected chi connectivity index (χ2v) is 5.32. The second-order valence-electron chi connectivity index (χ2n) is 4.41. The molecule has 2 rings (SSSR count). The highest BCUT2D eigenvalue weighted by Crippen LogP contribution is 2.22. The van der Waals surface area contributed by atoms with E-state index in [2.05, 4.69) is 21.2 Å². The number of hydrogen-bond donors (Lipinski definition) is 2. The van der Waals surface area contributed by atoms with Gasteiger partial charge < -0.3 is 10.4 Å². The minimum absolute atomic E-state index is 0.111. The molecule has 2 nitrogen and oxygen atoms in total. The maximum absolute atomic E-state index is 13.2. The van der Waals surface area contributed by atoms with Gasteiger partial charge in [0.2, 0.25) is 0 Å². The lowest BCUT2D eigenvalue weighted by Gasteiger charge is -2.15. The van der Waals surface area contributed by atoms with Crippen LogP contribution in [0.3, 0.4) is 0 Å². The Morgan fingerprint density at radius 1 is 1.26 bits per heavy atom. The van der Waals surface area contributed by atoms with Gasteiger partial charge in [0, 0.05) is 22.6 Å². The quantitative estimate of drug-likeness (QED) is 0.886. The lowest BCUT2D eigenvalue weighted by atomic mass is 10.1. The van der Waals surface area contributed by atoms with Gasteiger partial charge in [-0.05, 0) is 30.7 Å². The zero-order valence-electron chi connectivity index (χ0n) is 10.5. The van der Waals surface area contributed by atoms with Gasteiger partial charge in [-0.1, -0.05) is 40.2 Å². The van der Waals surface area contributed by atoms with E-state index in [0.29, 0.717) is 12.1 Å². The summed E-state index contributed by atoms with van der Waals surface area (Å²) in [4.78, 5) is 0. The Labute approximate surface area is 120 Å². The van der Waals surface area contributed by atoms with Crippen molar-refractivity contribution in [2.75, 3.05) is 0 Å². The number of halogens is 2. The van der Waals surface area contributed by atoms with Gasteiger partial charge in [-0.2, -0.15) is 0 Å². The Balaban J connectivity index is 2.04. The normalized spacial score (nSPS) is 12.4. The first-order valence-electron chi connectivity index (χ1n) is 6.03. The number of benzene rings is 2. The number of para-hydroxylation sites is 1. The van der Waals surface area contributed by atoms with Crippen molar-refractivity contribution in [2.45, 2.75) is 19.5 Å². The van der Waals surface area contributed by atoms with E-state index in [-0.39, 0.29) is 11.8 Å². The summed E-state index contributed by atoms with van der Waals surface area (Å²) in [5.74, 6) is -0.870. The maximum Gasteiger partial charge on any atom is 0.165 e. The third-order valence-corrected chi connectivity index (χ3v) is 3.51. The number of nitrogens with one attached hydrogen (secondary N) is 1. The summed E-state index contributed by atoms with van der Waals surface area (Å²) in [6, 6.07) is 12.6. The fourth-order valence-corrected chi connectivity index (χ4v) is 2.28. The summed E-state index contributed by atoms with van der Waals surface area (Å²) in [6.07, 6.45) is 0. The molecule has 0 fully saturated rings. The summed E-state index contributed by atoms with van der Waals surface area (Å²) in [5, 5.41) is 12.9. The van der Waals surface area contributed by atoms with Crippen LogP contribution in [0.2, 0.25) is 0 Å². The van der Waals surface area contributed by atoms with Crippen molar-refractivity contribution in [3.05, 3.63) is 63.9 Å². The van der Waals surface area contributed by atoms with Crippen molar-refractivity contribution < 1.29 is 9.50 Å². The van der Waals surface area contributed by atoms with Crippen LogP contribution in [-0.4, -0.2) is 5.11 Å². The summed E-state index contributed by atoms with van der Waals surface area (Å²) in [7, 11) is 0. The first kappa shape index (κ1) is 14.0. The fourth-order valence-electron chi connectivity index (χ4n) is 1.86. The van der Waals surface area contributed by atoms with Crippen LogP contribution >= 0.6 is 15.9 Å². The van der Waals surface area contributed by atoms with E-state index in [4.69, 9.17) is 0 Å². The SMILES string of the molecule is CC(NCc1cccc(F)c1O)c1cccc(Br)c1. The van der Waals surface area contributed by atoms with Gasteiger partial charge in [0.15, 0.2) is 11.6 Å². The van der Waals surface area contributed by atoms with E-state index >= 15 is 0 Å². The first-order chi connectivity index (χ1) is 9.08. The molecule has 100 valence electrons. The van der Waals surface area contributed by atoms with Crippen LogP contribution < -0.4 is 5.32 Å². The molecule has 0 saturated carbocycles. The van der Waals surface area contributed by atoms with Crippen LogP contribution in [0.1, 0.15) is 24.1 Å². The molecule has 1 atom stereocenters. The van der Waals surface area contributed by atoms with Gasteiger partial charge >= 0.3 is 0 Å². The lowest BCUT2D eigenvalue weighted by Crippen LogP contribution is -2.18. The average molecular weight is 324 g/mol. The average Bonchev–Trinajstić information content (AvgIpc) is 2.40. The molecule has 0 heterocycles. The Bertz CT molecular complexity index is 574. The van der Waals surface area contributed by atoms with Crippen molar-refractivity contribution in [3.63, 3.8) is 0 Å². The minimum atomic E-state index is -0.589.